The molecular formula is C51H32N4OS. The third-order valence-corrected chi connectivity index (χ3v) is 11.7. The van der Waals surface area contributed by atoms with Gasteiger partial charge in [0.25, 0.3) is 0 Å². The molecule has 268 valence electrons. The van der Waals surface area contributed by atoms with Crippen LogP contribution < -0.4 is 4.90 Å². The van der Waals surface area contributed by atoms with E-state index in [1.54, 1.807) is 11.3 Å². The van der Waals surface area contributed by atoms with Crippen LogP contribution in [-0.2, 0) is 0 Å². The van der Waals surface area contributed by atoms with Crippen molar-refractivity contribution in [3.63, 3.8) is 0 Å². The summed E-state index contributed by atoms with van der Waals surface area (Å²) >= 11 is 1.79. The minimum atomic E-state index is 0.586. The highest BCUT2D eigenvalue weighted by Crippen LogP contribution is 2.44. The molecule has 11 aromatic rings. The minimum absolute atomic E-state index is 0.586. The van der Waals surface area contributed by atoms with Crippen molar-refractivity contribution in [3.8, 4) is 45.3 Å². The molecule has 0 saturated carbocycles. The quantitative estimate of drug-likeness (QED) is 0.162. The molecule has 0 amide bonds. The third kappa shape index (κ3) is 5.82. The number of fused-ring (bicyclic) bond motifs is 6. The number of para-hydroxylation sites is 1. The monoisotopic (exact) mass is 748 g/mol. The van der Waals surface area contributed by atoms with Gasteiger partial charge in [0.2, 0.25) is 0 Å². The van der Waals surface area contributed by atoms with Crippen LogP contribution in [-0.4, -0.2) is 15.0 Å². The summed E-state index contributed by atoms with van der Waals surface area (Å²) in [6, 6.07) is 67.4. The van der Waals surface area contributed by atoms with Gasteiger partial charge in [0, 0.05) is 53.6 Å². The molecule has 0 spiro atoms. The molecular weight excluding hydrogens is 717 g/mol. The molecule has 0 N–H and O–H groups in total. The van der Waals surface area contributed by atoms with Crippen LogP contribution >= 0.6 is 11.3 Å². The van der Waals surface area contributed by atoms with Crippen LogP contribution in [0.4, 0.5) is 17.1 Å². The van der Waals surface area contributed by atoms with Crippen LogP contribution in [0.3, 0.4) is 0 Å². The van der Waals surface area contributed by atoms with E-state index in [4.69, 9.17) is 19.4 Å². The van der Waals surface area contributed by atoms with E-state index in [9.17, 15) is 0 Å². The second-order valence-corrected chi connectivity index (χ2v) is 15.1. The van der Waals surface area contributed by atoms with Crippen molar-refractivity contribution in [2.24, 2.45) is 0 Å². The average molecular weight is 749 g/mol. The largest absolute Gasteiger partial charge is 0.456 e. The predicted octanol–water partition coefficient (Wildman–Crippen LogP) is 14.3. The summed E-state index contributed by atoms with van der Waals surface area (Å²) in [5, 5.41) is 4.41. The second-order valence-electron chi connectivity index (χ2n) is 14.0. The zero-order chi connectivity index (χ0) is 37.7. The molecule has 5 nitrogen and oxygen atoms in total. The molecule has 0 radical (unpaired) electrons. The lowest BCUT2D eigenvalue weighted by Gasteiger charge is -2.26. The zero-order valence-corrected chi connectivity index (χ0v) is 31.4. The Morgan fingerprint density at radius 2 is 0.982 bits per heavy atom. The SMILES string of the molecule is c1ccc(-c2ccc(N(c3ccccc3)c3cccc4oc5cc(-c6nc(-c7ccccc7)nc(-c7cccc8sc9ccccc9c78)n6)ccc5c34)cc2)cc1. The van der Waals surface area contributed by atoms with E-state index >= 15 is 0 Å². The van der Waals surface area contributed by atoms with Crippen molar-refractivity contribution in [2.75, 3.05) is 4.90 Å². The van der Waals surface area contributed by atoms with E-state index in [0.717, 1.165) is 61.1 Å². The number of hydrogen-bond acceptors (Lipinski definition) is 6. The van der Waals surface area contributed by atoms with Crippen LogP contribution in [0.5, 0.6) is 0 Å². The number of hydrogen-bond donors (Lipinski definition) is 0. The van der Waals surface area contributed by atoms with Crippen molar-refractivity contribution in [1.29, 1.82) is 0 Å². The molecule has 0 bridgehead atoms. The lowest BCUT2D eigenvalue weighted by molar-refractivity contribution is 0.669. The summed E-state index contributed by atoms with van der Waals surface area (Å²) in [5.41, 5.74) is 9.83. The average Bonchev–Trinajstić information content (AvgIpc) is 3.86. The smallest absolute Gasteiger partial charge is 0.164 e. The van der Waals surface area contributed by atoms with Gasteiger partial charge in [-0.1, -0.05) is 133 Å². The standard InChI is InChI=1S/C51H32N4OS/c1-4-14-33(15-5-1)34-26-29-38(30-27-34)55(37-18-8-3-9-19-37)42-22-13-23-43-48(42)39-31-28-36(32-44(39)56-43)50-52-49(35-16-6-2-7-17-35)53-51(54-50)41-21-12-25-46-47(41)40-20-10-11-24-45(40)57-46/h1-32H. The van der Waals surface area contributed by atoms with Gasteiger partial charge in [-0.3, -0.25) is 0 Å². The Morgan fingerprint density at radius 3 is 1.77 bits per heavy atom. The van der Waals surface area contributed by atoms with Crippen LogP contribution in [0.15, 0.2) is 199 Å². The van der Waals surface area contributed by atoms with Gasteiger partial charge in [0.05, 0.1) is 11.1 Å². The van der Waals surface area contributed by atoms with E-state index in [-0.39, 0.29) is 0 Å². The molecule has 0 unspecified atom stereocenters. The van der Waals surface area contributed by atoms with Gasteiger partial charge in [-0.2, -0.15) is 0 Å². The van der Waals surface area contributed by atoms with E-state index in [1.165, 1.54) is 25.9 Å². The maximum absolute atomic E-state index is 6.68. The summed E-state index contributed by atoms with van der Waals surface area (Å²) in [6.45, 7) is 0. The van der Waals surface area contributed by atoms with Gasteiger partial charge in [-0.25, -0.2) is 15.0 Å². The molecule has 0 aliphatic carbocycles. The Labute approximate surface area is 332 Å². The number of benzene rings is 8. The summed E-state index contributed by atoms with van der Waals surface area (Å²) in [6.07, 6.45) is 0. The van der Waals surface area contributed by atoms with Crippen LogP contribution in [0.1, 0.15) is 0 Å². The zero-order valence-electron chi connectivity index (χ0n) is 30.6. The van der Waals surface area contributed by atoms with Crippen LogP contribution in [0.2, 0.25) is 0 Å². The molecule has 3 heterocycles. The van der Waals surface area contributed by atoms with Gasteiger partial charge in [0.15, 0.2) is 17.5 Å². The van der Waals surface area contributed by atoms with E-state index < -0.39 is 0 Å². The Hall–Kier alpha value is -7.41. The van der Waals surface area contributed by atoms with E-state index in [1.807, 2.05) is 48.5 Å². The second kappa shape index (κ2) is 13.7. The first kappa shape index (κ1) is 33.0. The van der Waals surface area contributed by atoms with Crippen LogP contribution in [0, 0.1) is 0 Å². The molecule has 11 rings (SSSR count). The maximum atomic E-state index is 6.68. The fraction of sp³-hybridized carbons (Fsp3) is 0. The molecule has 0 fully saturated rings. The molecule has 6 heteroatoms. The summed E-state index contributed by atoms with van der Waals surface area (Å²) < 4.78 is 9.12. The highest BCUT2D eigenvalue weighted by molar-refractivity contribution is 7.25. The van der Waals surface area contributed by atoms with Gasteiger partial charge in [-0.05, 0) is 71.8 Å². The molecule has 3 aromatic heterocycles. The summed E-state index contributed by atoms with van der Waals surface area (Å²) in [5.74, 6) is 1.84. The lowest BCUT2D eigenvalue weighted by atomic mass is 10.0. The number of furan rings is 1. The number of nitrogens with zero attached hydrogens (tertiary/aromatic N) is 4. The van der Waals surface area contributed by atoms with Gasteiger partial charge >= 0.3 is 0 Å². The Bertz CT molecular complexity index is 3230. The lowest BCUT2D eigenvalue weighted by Crippen LogP contribution is -2.10. The molecule has 0 aliphatic heterocycles. The van der Waals surface area contributed by atoms with Crippen LogP contribution in [0.25, 0.3) is 87.4 Å². The van der Waals surface area contributed by atoms with E-state index in [0.29, 0.717) is 17.5 Å². The Morgan fingerprint density at radius 1 is 0.386 bits per heavy atom. The number of aromatic nitrogens is 3. The highest BCUT2D eigenvalue weighted by Gasteiger charge is 2.21. The van der Waals surface area contributed by atoms with Crippen molar-refractivity contribution in [3.05, 3.63) is 194 Å². The first-order valence-electron chi connectivity index (χ1n) is 18.9. The minimum Gasteiger partial charge on any atom is -0.456 e. The van der Waals surface area contributed by atoms with E-state index in [2.05, 4.69) is 150 Å². The number of thiophene rings is 1. The van der Waals surface area contributed by atoms with Crippen molar-refractivity contribution in [2.45, 2.75) is 0 Å². The van der Waals surface area contributed by atoms with Gasteiger partial charge in [0.1, 0.15) is 11.2 Å². The topological polar surface area (TPSA) is 55.1 Å². The first-order chi connectivity index (χ1) is 28.2. The Balaban J connectivity index is 1.07. The van der Waals surface area contributed by atoms with Gasteiger partial charge in [-0.15, -0.1) is 11.3 Å². The van der Waals surface area contributed by atoms with Crippen molar-refractivity contribution in [1.82, 2.24) is 15.0 Å². The summed E-state index contributed by atoms with van der Waals surface area (Å²) in [7, 11) is 0. The molecule has 0 aliphatic rings. The highest BCUT2D eigenvalue weighted by atomic mass is 32.1. The summed E-state index contributed by atoms with van der Waals surface area (Å²) in [4.78, 5) is 17.7. The number of anilines is 3. The molecule has 57 heavy (non-hydrogen) atoms. The Kier molecular flexibility index (Phi) is 7.93. The maximum Gasteiger partial charge on any atom is 0.164 e. The molecule has 8 aromatic carbocycles. The molecule has 0 saturated heterocycles. The fourth-order valence-corrected chi connectivity index (χ4v) is 9.01. The fourth-order valence-electron chi connectivity index (χ4n) is 7.87. The predicted molar refractivity (Wildman–Crippen MR) is 236 cm³/mol. The van der Waals surface area contributed by atoms with Crippen molar-refractivity contribution >= 4 is 70.5 Å². The third-order valence-electron chi connectivity index (χ3n) is 10.5. The number of rotatable bonds is 7. The first-order valence-corrected chi connectivity index (χ1v) is 19.8. The van der Waals surface area contributed by atoms with Crippen molar-refractivity contribution < 1.29 is 4.42 Å². The molecule has 0 atom stereocenters. The normalized spacial score (nSPS) is 11.5. The van der Waals surface area contributed by atoms with Gasteiger partial charge < -0.3 is 9.32 Å².